The summed E-state index contributed by atoms with van der Waals surface area (Å²) < 4.78 is 123. The second-order valence-electron chi connectivity index (χ2n) is 32.7. The number of guanidine groups is 3. The zero-order chi connectivity index (χ0) is 110. The second-order valence-corrected chi connectivity index (χ2v) is 42.0. The Morgan fingerprint density at radius 2 is 1.02 bits per heavy atom. The Labute approximate surface area is 863 Å². The number of piperidine rings is 1. The topological polar surface area (TPSA) is 867 Å². The highest BCUT2D eigenvalue weighted by atomic mass is 32.2. The maximum absolute atomic E-state index is 13.1. The van der Waals surface area contributed by atoms with Crippen molar-refractivity contribution in [1.29, 1.82) is 16.2 Å². The third-order valence-corrected chi connectivity index (χ3v) is 28.7. The fraction of sp³-hybridized carbons (Fsp3) is 0.389. The van der Waals surface area contributed by atoms with E-state index in [2.05, 4.69) is 75.5 Å². The number of nitrogens with zero attached hydrogens (tertiary/aromatic N) is 7. The number of likely N-dealkylation sites (N-methyl/N-ethyl adjacent to an activating group) is 1. The van der Waals surface area contributed by atoms with Gasteiger partial charge in [0.25, 0.3) is 15.6 Å². The number of thiophene rings is 2. The number of pyridine rings is 1. The summed E-state index contributed by atoms with van der Waals surface area (Å²) in [7, 11) is -9.22. The number of aldehydes is 2. The minimum Gasteiger partial charge on any atom is -0.497 e. The highest BCUT2D eigenvalue weighted by Gasteiger charge is 2.34. The van der Waals surface area contributed by atoms with Crippen LogP contribution in [0.4, 0.5) is 5.69 Å². The molecular formula is C90H127N29O23S6. The number of anilines is 1. The molecule has 148 heavy (non-hydrogen) atoms. The normalized spacial score (nSPS) is 13.1. The van der Waals surface area contributed by atoms with Gasteiger partial charge in [0, 0.05) is 93.3 Å². The summed E-state index contributed by atoms with van der Waals surface area (Å²) in [6, 6.07) is 31.4. The number of sulfonamides is 4. The molecule has 0 aliphatic carbocycles. The number of carboxylic acid groups (broad SMARTS) is 1. The van der Waals surface area contributed by atoms with Gasteiger partial charge in [0.15, 0.2) is 17.9 Å². The standard InChI is InChI=1S/C24H38N8O7S.C24H34N8O4S2.C22H34N8O7S.C20H21N5O5S2/c1-28-22(25)17-7-4-6-16(12-17)15-40(37,38)31-19(9-10-21(35)39-3)23(36)32(2)13-20(34)30-18(14-33)8-5-11-29-24(26)27;25-22(26)20-7-6-18(37-20)13-29-21(33)14-30-23(34)19(12-16-8-10-32(11-9-16)24(27)28)31-38(35,36)15-17-4-2-1-3-5-17;1-26-20(23)15-5-2-4-14(10-15)13-38(36,37)30-17(7-8-19(33)34)21(35)28-11-18(32)29-16(12-31)6-3-9-27-22(24)25;1-30-13-4-2-5-15(10-13)32(28,29)24-16-6-3-9-25(20(16)27)12-18(26)23-11-14-7-8-17(31-14)19(21)22/h4,6-7,12,14,18-19,31H,5,8-11,13,15H2,1-3H3,(H2,25,28)(H,30,34)(H4,26,27,29);1-7,16,19,31H,8-15H2,(H3,25,26)(H3,27,28)(H,29,33)(H,30,34);2,4-5,10,12,16-17,30H,3,6-9,11,13H2,1H3,(H2,23,26)(H,28,35)(H,29,32)(H,33,34)(H4,24,25,27);2-10,24H,11-12H2,1H3,(H3,21,22)(H,23,26)/t18?,19-;19-;16-,17-;/m010./s1. The molecule has 0 bridgehead atoms. The van der Waals surface area contributed by atoms with E-state index in [0.717, 1.165) is 19.2 Å². The van der Waals surface area contributed by atoms with E-state index in [0.29, 0.717) is 94.7 Å². The van der Waals surface area contributed by atoms with Crippen molar-refractivity contribution < 1.29 is 101 Å². The first-order valence-electron chi connectivity index (χ1n) is 45.1. The molecule has 0 radical (unpaired) electrons. The molecule has 52 nitrogen and oxygen atoms in total. The van der Waals surface area contributed by atoms with Gasteiger partial charge in [-0.3, -0.25) is 88.9 Å². The third kappa shape index (κ3) is 46.4. The molecule has 0 saturated carbocycles. The number of likely N-dealkylation sites (tertiary alicyclic amines) is 1. The minimum absolute atomic E-state index is 0.00705. The summed E-state index contributed by atoms with van der Waals surface area (Å²) >= 11 is 2.57. The van der Waals surface area contributed by atoms with Crippen LogP contribution in [-0.2, 0) is 134 Å². The number of amidine groups is 4. The van der Waals surface area contributed by atoms with E-state index in [1.54, 1.807) is 108 Å². The van der Waals surface area contributed by atoms with E-state index in [1.807, 2.05) is 0 Å². The maximum atomic E-state index is 13.1. The van der Waals surface area contributed by atoms with Crippen molar-refractivity contribution in [3.05, 3.63) is 203 Å². The SMILES string of the molecule is CN=C(N)c1cccc(CS(=O)(=O)N[C@@H](CCC(=O)O)C(=O)NCC(=O)N[C@H](C=O)CCCN=C(N)N)c1.CN=C(N)c1cccc(CS(=O)(=O)N[C@@H](CCC(=O)OC)C(=O)N(C)CC(=O)NC(C=O)CCCN=C(N)N)c1.COc1cccc(S(=O)(=O)Nc2cccn(CC(=O)NCc3ccc(C(=N)N)s3)c2=O)c1.N=C(N)c1ccc(CNC(=O)CNC(=O)[C@@H](CC2CCN(C(=N)N)CC2)NS(=O)(=O)Cc2ccccc2)s1. The van der Waals surface area contributed by atoms with Crippen molar-refractivity contribution >= 4 is 176 Å². The van der Waals surface area contributed by atoms with E-state index in [-0.39, 0.29) is 141 Å². The monoisotopic (exact) mass is 2170 g/mol. The molecule has 32 N–H and O–H groups in total. The van der Waals surface area contributed by atoms with Gasteiger partial charge in [-0.1, -0.05) is 72.8 Å². The summed E-state index contributed by atoms with van der Waals surface area (Å²) in [5, 5.41) is 46.5. The molecule has 8 rings (SSSR count). The second kappa shape index (κ2) is 61.9. The lowest BCUT2D eigenvalue weighted by atomic mass is 9.90. The Kier molecular flexibility index (Phi) is 51.6. The number of methoxy groups -OCH3 is 2. The van der Waals surface area contributed by atoms with Crippen molar-refractivity contribution in [3.63, 3.8) is 0 Å². The van der Waals surface area contributed by atoms with Crippen molar-refractivity contribution in [3.8, 4) is 5.75 Å². The van der Waals surface area contributed by atoms with Crippen molar-refractivity contribution in [1.82, 2.24) is 60.4 Å². The molecule has 3 aromatic heterocycles. The Hall–Kier alpha value is -15.2. The maximum Gasteiger partial charge on any atom is 0.305 e. The number of nitrogens with one attached hydrogen (secondary N) is 13. The van der Waals surface area contributed by atoms with Crippen LogP contribution in [0.15, 0.2) is 175 Å². The third-order valence-electron chi connectivity index (χ3n) is 21.0. The highest BCUT2D eigenvalue weighted by Crippen LogP contribution is 2.25. The Morgan fingerprint density at radius 3 is 1.50 bits per heavy atom. The van der Waals surface area contributed by atoms with Crippen LogP contribution in [0.1, 0.15) is 118 Å². The summed E-state index contributed by atoms with van der Waals surface area (Å²) in [6.07, 6.45) is 4.06. The Morgan fingerprint density at radius 1 is 0.547 bits per heavy atom. The van der Waals surface area contributed by atoms with E-state index < -0.39 is 160 Å². The molecule has 806 valence electrons. The lowest BCUT2D eigenvalue weighted by Gasteiger charge is -2.33. The zero-order valence-electron chi connectivity index (χ0n) is 81.7. The number of nitrogen functional groups attached to an aromatic ring is 2. The van der Waals surface area contributed by atoms with Gasteiger partial charge < -0.3 is 122 Å². The molecular weight excluding hydrogens is 2050 g/mol. The van der Waals surface area contributed by atoms with Crippen LogP contribution in [0.5, 0.6) is 5.75 Å². The first-order chi connectivity index (χ1) is 69.9. The molecule has 1 unspecified atom stereocenters. The van der Waals surface area contributed by atoms with Gasteiger partial charge >= 0.3 is 11.9 Å². The van der Waals surface area contributed by atoms with Crippen molar-refractivity contribution in [2.75, 3.05) is 85.9 Å². The first-order valence-corrected chi connectivity index (χ1v) is 53.2. The van der Waals surface area contributed by atoms with Gasteiger partial charge in [-0.05, 0) is 141 Å². The number of hydrogen-bond acceptors (Lipinski definition) is 31. The average molecular weight is 2180 g/mol. The predicted molar refractivity (Wildman–Crippen MR) is 559 cm³/mol. The Bertz CT molecular complexity index is 6430. The number of ether oxygens (including phenoxy) is 2. The lowest BCUT2D eigenvalue weighted by Crippen LogP contribution is -2.51. The molecule has 0 spiro atoms. The fourth-order valence-electron chi connectivity index (χ4n) is 13.6. The largest absolute Gasteiger partial charge is 0.497 e. The van der Waals surface area contributed by atoms with Gasteiger partial charge in [-0.25, -0.2) is 47.8 Å². The number of carbonyl (C=O) groups is 11. The number of aromatic nitrogens is 1. The summed E-state index contributed by atoms with van der Waals surface area (Å²) in [4.78, 5) is 167. The van der Waals surface area contributed by atoms with Crippen molar-refractivity contribution in [2.24, 2.45) is 77.5 Å². The first kappa shape index (κ1) is 123. The molecule has 7 amide bonds. The number of rotatable bonds is 55. The average Bonchev–Trinajstić information content (AvgIpc) is 1.24. The number of benzene rings is 4. The van der Waals surface area contributed by atoms with Crippen LogP contribution in [-0.4, -0.2) is 272 Å². The van der Waals surface area contributed by atoms with E-state index >= 15 is 0 Å². The van der Waals surface area contributed by atoms with Gasteiger partial charge in [0.2, 0.25) is 71.4 Å². The number of aliphatic carboxylic acids is 1. The number of hydrogen-bond donors (Lipinski definition) is 23. The minimum atomic E-state index is -4.12. The van der Waals surface area contributed by atoms with Gasteiger partial charge in [-0.2, -0.15) is 0 Å². The molecule has 5 atom stereocenters. The molecule has 7 aromatic rings. The predicted octanol–water partition coefficient (Wildman–Crippen LogP) is -2.95. The van der Waals surface area contributed by atoms with Crippen LogP contribution >= 0.6 is 22.7 Å². The van der Waals surface area contributed by atoms with Crippen LogP contribution in [0.2, 0.25) is 0 Å². The molecule has 1 aliphatic rings. The summed E-state index contributed by atoms with van der Waals surface area (Å²) in [5.41, 5.74) is 50.5. The molecule has 58 heteroatoms. The molecule has 1 fully saturated rings. The summed E-state index contributed by atoms with van der Waals surface area (Å²) in [6.45, 7) is 0.430. The number of esters is 1. The van der Waals surface area contributed by atoms with Gasteiger partial charge in [0.05, 0.1) is 90.9 Å². The van der Waals surface area contributed by atoms with E-state index in [9.17, 15) is 91.2 Å². The number of carbonyl (C=O) groups excluding carboxylic acids is 10. The molecule has 4 heterocycles. The number of amides is 7. The Balaban J connectivity index is 0.000000348. The lowest BCUT2D eigenvalue weighted by molar-refractivity contribution is -0.142. The van der Waals surface area contributed by atoms with Gasteiger partial charge in [0.1, 0.15) is 72.0 Å². The van der Waals surface area contributed by atoms with Gasteiger partial charge in [-0.15, -0.1) is 22.7 Å². The number of aliphatic imine (C=N–C) groups is 4. The molecule has 1 aliphatic heterocycles. The fourth-order valence-corrected chi connectivity index (χ4v) is 20.4. The quantitative estimate of drug-likeness (QED) is 0.00596. The highest BCUT2D eigenvalue weighted by molar-refractivity contribution is 7.92. The molecule has 4 aromatic carbocycles. The number of carboxylic acids is 1. The van der Waals surface area contributed by atoms with E-state index in [1.165, 1.54) is 101 Å². The van der Waals surface area contributed by atoms with Crippen LogP contribution in [0.3, 0.4) is 0 Å². The van der Waals surface area contributed by atoms with E-state index in [4.69, 9.17) is 77.7 Å². The smallest absolute Gasteiger partial charge is 0.305 e. The zero-order valence-corrected chi connectivity index (χ0v) is 86.5. The van der Waals surface area contributed by atoms with Crippen molar-refractivity contribution in [2.45, 2.75) is 143 Å². The number of nitrogens with two attached hydrogens (primary N) is 9. The van der Waals surface area contributed by atoms with Crippen LogP contribution in [0.25, 0.3) is 0 Å². The molecule has 1 saturated heterocycles. The van der Waals surface area contributed by atoms with Crippen LogP contribution < -0.4 is 113 Å². The summed E-state index contributed by atoms with van der Waals surface area (Å²) in [5.74, 6) is -7.07. The van der Waals surface area contributed by atoms with Crippen LogP contribution in [0, 0.1) is 22.1 Å².